The summed E-state index contributed by atoms with van der Waals surface area (Å²) in [6.45, 7) is 2.16. The van der Waals surface area contributed by atoms with Crippen LogP contribution in [0.2, 0.25) is 0 Å². The molecule has 1 saturated carbocycles. The van der Waals surface area contributed by atoms with Gasteiger partial charge >= 0.3 is 5.97 Å². The van der Waals surface area contributed by atoms with Crippen LogP contribution in [0.15, 0.2) is 59.1 Å². The van der Waals surface area contributed by atoms with Crippen molar-refractivity contribution < 1.29 is 14.1 Å². The number of aromatic nitrogens is 1. The average Bonchev–Trinajstić information content (AvgIpc) is 3.49. The number of ether oxygens (including phenoxy) is 1. The maximum atomic E-state index is 12.3. The number of carbonyl (C=O) groups excluding carboxylic acids is 1. The van der Waals surface area contributed by atoms with Crippen molar-refractivity contribution in [2.45, 2.75) is 45.6 Å². The van der Waals surface area contributed by atoms with Gasteiger partial charge in [-0.25, -0.2) is 4.79 Å². The Hall–Kier alpha value is -3.32. The van der Waals surface area contributed by atoms with Gasteiger partial charge in [0.15, 0.2) is 12.4 Å². The maximum absolute atomic E-state index is 12.3. The molecule has 3 aromatic rings. The molecule has 0 aliphatic heterocycles. The highest BCUT2D eigenvalue weighted by Crippen LogP contribution is 2.24. The highest BCUT2D eigenvalue weighted by molar-refractivity contribution is 5.89. The summed E-state index contributed by atoms with van der Waals surface area (Å²) in [6.07, 6.45) is 5.95. The van der Waals surface area contributed by atoms with Gasteiger partial charge in [-0.2, -0.15) is 0 Å². The molecule has 0 spiro atoms. The standard InChI is InChI=1S/C26H25NO3/c1-2-19-9-13-22(14-10-19)25-17-24(30-27-25)18-29-26(28)23-15-11-21(12-16-23)8-7-20-5-3-4-6-20/h9-17,20H,2-6,18H2,1H3. The van der Waals surface area contributed by atoms with E-state index in [0.717, 1.165) is 23.2 Å². The van der Waals surface area contributed by atoms with Crippen LogP contribution < -0.4 is 0 Å². The molecule has 0 amide bonds. The fourth-order valence-electron chi connectivity index (χ4n) is 3.59. The molecule has 0 atom stereocenters. The average molecular weight is 399 g/mol. The van der Waals surface area contributed by atoms with Crippen molar-refractivity contribution in [3.63, 3.8) is 0 Å². The zero-order chi connectivity index (χ0) is 20.8. The van der Waals surface area contributed by atoms with E-state index >= 15 is 0 Å². The van der Waals surface area contributed by atoms with Crippen LogP contribution in [0.4, 0.5) is 0 Å². The van der Waals surface area contributed by atoms with Crippen LogP contribution in [-0.2, 0) is 17.8 Å². The smallest absolute Gasteiger partial charge is 0.338 e. The second-order valence-electron chi connectivity index (χ2n) is 7.63. The Kier molecular flexibility index (Phi) is 6.29. The van der Waals surface area contributed by atoms with E-state index in [-0.39, 0.29) is 6.61 Å². The summed E-state index contributed by atoms with van der Waals surface area (Å²) in [5, 5.41) is 4.08. The molecule has 4 rings (SSSR count). The molecule has 0 bridgehead atoms. The summed E-state index contributed by atoms with van der Waals surface area (Å²) in [7, 11) is 0. The Morgan fingerprint density at radius 2 is 1.83 bits per heavy atom. The quantitative estimate of drug-likeness (QED) is 0.402. The molecule has 1 aromatic heterocycles. The summed E-state index contributed by atoms with van der Waals surface area (Å²) in [6, 6.07) is 17.2. The lowest BCUT2D eigenvalue weighted by atomic mass is 10.1. The van der Waals surface area contributed by atoms with E-state index in [0.29, 0.717) is 17.2 Å². The number of aryl methyl sites for hydroxylation is 1. The fourth-order valence-corrected chi connectivity index (χ4v) is 3.59. The first-order valence-electron chi connectivity index (χ1n) is 10.5. The molecule has 1 aliphatic rings. The largest absolute Gasteiger partial charge is 0.454 e. The van der Waals surface area contributed by atoms with Gasteiger partial charge in [0.1, 0.15) is 5.69 Å². The lowest BCUT2D eigenvalue weighted by Gasteiger charge is -2.02. The second kappa shape index (κ2) is 9.45. The van der Waals surface area contributed by atoms with E-state index in [4.69, 9.17) is 9.26 Å². The monoisotopic (exact) mass is 399 g/mol. The molecule has 152 valence electrons. The number of esters is 1. The number of benzene rings is 2. The Bertz CT molecular complexity index is 1050. The Labute approximate surface area is 177 Å². The highest BCUT2D eigenvalue weighted by atomic mass is 16.5. The normalized spacial score (nSPS) is 13.6. The summed E-state index contributed by atoms with van der Waals surface area (Å²) in [5.41, 5.74) is 4.40. The van der Waals surface area contributed by atoms with Gasteiger partial charge in [-0.1, -0.05) is 61.0 Å². The van der Waals surface area contributed by atoms with Gasteiger partial charge in [0.25, 0.3) is 0 Å². The minimum Gasteiger partial charge on any atom is -0.454 e. The third-order valence-electron chi connectivity index (χ3n) is 5.46. The van der Waals surface area contributed by atoms with E-state index in [1.165, 1.54) is 31.2 Å². The van der Waals surface area contributed by atoms with E-state index in [1.807, 2.05) is 24.3 Å². The third-order valence-corrected chi connectivity index (χ3v) is 5.46. The molecule has 0 N–H and O–H groups in total. The molecule has 30 heavy (non-hydrogen) atoms. The summed E-state index contributed by atoms with van der Waals surface area (Å²) >= 11 is 0. The molecule has 1 heterocycles. The Balaban J connectivity index is 1.32. The zero-order valence-electron chi connectivity index (χ0n) is 17.2. The maximum Gasteiger partial charge on any atom is 0.338 e. The lowest BCUT2D eigenvalue weighted by Crippen LogP contribution is -2.04. The molecule has 1 fully saturated rings. The second-order valence-corrected chi connectivity index (χ2v) is 7.63. The molecular formula is C26H25NO3. The molecule has 4 heteroatoms. The van der Waals surface area contributed by atoms with Gasteiger partial charge in [-0.15, -0.1) is 0 Å². The number of nitrogens with zero attached hydrogens (tertiary/aromatic N) is 1. The molecule has 0 unspecified atom stereocenters. The van der Waals surface area contributed by atoms with E-state index in [2.05, 4.69) is 36.1 Å². The van der Waals surface area contributed by atoms with Crippen molar-refractivity contribution in [1.82, 2.24) is 5.16 Å². The molecular weight excluding hydrogens is 374 g/mol. The van der Waals surface area contributed by atoms with Crippen molar-refractivity contribution >= 4 is 5.97 Å². The van der Waals surface area contributed by atoms with E-state index in [1.54, 1.807) is 18.2 Å². The number of hydrogen-bond donors (Lipinski definition) is 0. The van der Waals surface area contributed by atoms with Gasteiger partial charge in [-0.3, -0.25) is 0 Å². The van der Waals surface area contributed by atoms with Crippen molar-refractivity contribution in [2.75, 3.05) is 0 Å². The van der Waals surface area contributed by atoms with Crippen molar-refractivity contribution in [3.8, 4) is 23.1 Å². The number of carbonyl (C=O) groups is 1. The van der Waals surface area contributed by atoms with Crippen molar-refractivity contribution in [2.24, 2.45) is 5.92 Å². The van der Waals surface area contributed by atoms with Crippen LogP contribution in [0.5, 0.6) is 0 Å². The first-order valence-corrected chi connectivity index (χ1v) is 10.5. The van der Waals surface area contributed by atoms with Crippen molar-refractivity contribution in [1.29, 1.82) is 0 Å². The highest BCUT2D eigenvalue weighted by Gasteiger charge is 2.13. The minimum absolute atomic E-state index is 0.0438. The number of rotatable bonds is 5. The summed E-state index contributed by atoms with van der Waals surface area (Å²) < 4.78 is 10.7. The van der Waals surface area contributed by atoms with Crippen LogP contribution in [0.25, 0.3) is 11.3 Å². The predicted octanol–water partition coefficient (Wildman–Crippen LogP) is 5.80. The van der Waals surface area contributed by atoms with Gasteiger partial charge in [0.05, 0.1) is 5.56 Å². The fraction of sp³-hybridized carbons (Fsp3) is 0.308. The van der Waals surface area contributed by atoms with Crippen molar-refractivity contribution in [3.05, 3.63) is 77.0 Å². The molecule has 0 saturated heterocycles. The summed E-state index contributed by atoms with van der Waals surface area (Å²) in [5.74, 6) is 7.18. The van der Waals surface area contributed by atoms with Gasteiger partial charge in [0.2, 0.25) is 0 Å². The van der Waals surface area contributed by atoms with Gasteiger partial charge in [-0.05, 0) is 49.1 Å². The summed E-state index contributed by atoms with van der Waals surface area (Å²) in [4.78, 5) is 12.3. The minimum atomic E-state index is -0.393. The third kappa shape index (κ3) is 4.99. The first-order chi connectivity index (χ1) is 14.7. The van der Waals surface area contributed by atoms with Crippen LogP contribution >= 0.6 is 0 Å². The lowest BCUT2D eigenvalue weighted by molar-refractivity contribution is 0.0437. The van der Waals surface area contributed by atoms with Crippen LogP contribution in [0, 0.1) is 17.8 Å². The Morgan fingerprint density at radius 3 is 2.53 bits per heavy atom. The van der Waals surface area contributed by atoms with Gasteiger partial charge in [0, 0.05) is 23.1 Å². The molecule has 4 nitrogen and oxygen atoms in total. The molecule has 0 radical (unpaired) electrons. The molecule has 2 aromatic carbocycles. The van der Waals surface area contributed by atoms with Crippen LogP contribution in [-0.4, -0.2) is 11.1 Å². The van der Waals surface area contributed by atoms with Crippen LogP contribution in [0.3, 0.4) is 0 Å². The van der Waals surface area contributed by atoms with Gasteiger partial charge < -0.3 is 9.26 Å². The van der Waals surface area contributed by atoms with E-state index < -0.39 is 5.97 Å². The molecule has 1 aliphatic carbocycles. The van der Waals surface area contributed by atoms with Crippen LogP contribution in [0.1, 0.15) is 59.9 Å². The van der Waals surface area contributed by atoms with E-state index in [9.17, 15) is 4.79 Å². The SMILES string of the molecule is CCc1ccc(-c2cc(COC(=O)c3ccc(C#CC4CCCC4)cc3)on2)cc1. The number of hydrogen-bond acceptors (Lipinski definition) is 4. The topological polar surface area (TPSA) is 52.3 Å². The predicted molar refractivity (Wildman–Crippen MR) is 116 cm³/mol. The first kappa shape index (κ1) is 20.0. The Morgan fingerprint density at radius 1 is 1.10 bits per heavy atom. The zero-order valence-corrected chi connectivity index (χ0v) is 17.2.